The van der Waals surface area contributed by atoms with Crippen molar-refractivity contribution in [1.82, 2.24) is 10.6 Å². The molecule has 0 rings (SSSR count). The monoisotopic (exact) mass is 347 g/mol. The molecule has 19 heavy (non-hydrogen) atoms. The minimum Gasteiger partial charge on any atom is -0.528 e. The molecule has 0 unspecified atom stereocenters. The van der Waals surface area contributed by atoms with Crippen molar-refractivity contribution in [3.05, 3.63) is 6.92 Å². The maximum atomic E-state index is 11.0. The Kier molecular flexibility index (Phi) is 20.0. The summed E-state index contributed by atoms with van der Waals surface area (Å²) in [6.07, 6.45) is 4.66. The molecule has 0 aromatic rings. The zero-order chi connectivity index (χ0) is 14.4. The SMILES string of the molecule is CC(C)(C)OC(=O)NCCN[C-]=O.[CH2-]CCCC.[Y]. The van der Waals surface area contributed by atoms with Gasteiger partial charge >= 0.3 is 6.09 Å². The largest absolute Gasteiger partial charge is 0.528 e. The summed E-state index contributed by atoms with van der Waals surface area (Å²) in [4.78, 5) is 20.7. The fraction of sp³-hybridized carbons (Fsp3) is 0.769. The van der Waals surface area contributed by atoms with Crippen LogP contribution in [0.2, 0.25) is 0 Å². The third-order valence-corrected chi connectivity index (χ3v) is 1.59. The van der Waals surface area contributed by atoms with Gasteiger partial charge in [-0.15, -0.1) is 0 Å². The van der Waals surface area contributed by atoms with E-state index in [1.54, 1.807) is 20.8 Å². The van der Waals surface area contributed by atoms with E-state index in [-0.39, 0.29) is 32.7 Å². The van der Waals surface area contributed by atoms with E-state index in [0.717, 1.165) is 6.42 Å². The number of alkyl carbamates (subject to hydrolysis) is 1. The van der Waals surface area contributed by atoms with E-state index >= 15 is 0 Å². The topological polar surface area (TPSA) is 67.4 Å². The number of rotatable bonds is 6. The summed E-state index contributed by atoms with van der Waals surface area (Å²) >= 11 is 0. The standard InChI is InChI=1S/C8H15N2O3.C5H11.Y/c1-8(2,3)13-7(12)10-5-4-9-6-11;1-3-5-4-2;/h4-5H2,1-3H3,(H,9,11)(H,10,12);1,3-5H2,2H3;/q2*-1;. The predicted octanol–water partition coefficient (Wildman–Crippen LogP) is 2.18. The van der Waals surface area contributed by atoms with E-state index in [4.69, 9.17) is 4.74 Å². The maximum Gasteiger partial charge on any atom is 0.407 e. The molecular weight excluding hydrogens is 321 g/mol. The Labute approximate surface area is 142 Å². The predicted molar refractivity (Wildman–Crippen MR) is 72.8 cm³/mol. The quantitative estimate of drug-likeness (QED) is 0.440. The van der Waals surface area contributed by atoms with Crippen molar-refractivity contribution in [2.75, 3.05) is 13.1 Å². The van der Waals surface area contributed by atoms with Gasteiger partial charge in [-0.1, -0.05) is 19.8 Å². The zero-order valence-electron chi connectivity index (χ0n) is 12.5. The van der Waals surface area contributed by atoms with Crippen molar-refractivity contribution in [3.8, 4) is 0 Å². The Balaban J connectivity index is -0.000000366. The molecule has 0 bridgehead atoms. The molecule has 2 amide bonds. The van der Waals surface area contributed by atoms with Gasteiger partial charge in [0.05, 0.1) is 0 Å². The van der Waals surface area contributed by atoms with Gasteiger partial charge in [0, 0.05) is 45.8 Å². The molecule has 0 aliphatic rings. The van der Waals surface area contributed by atoms with Crippen molar-refractivity contribution in [2.45, 2.75) is 52.6 Å². The smallest absolute Gasteiger partial charge is 0.407 e. The van der Waals surface area contributed by atoms with Crippen LogP contribution in [0.1, 0.15) is 47.0 Å². The third-order valence-electron chi connectivity index (χ3n) is 1.59. The summed E-state index contributed by atoms with van der Waals surface area (Å²) in [5, 5.41) is 4.76. The van der Waals surface area contributed by atoms with E-state index in [1.165, 1.54) is 19.3 Å². The molecule has 0 fully saturated rings. The van der Waals surface area contributed by atoms with Crippen LogP contribution in [-0.2, 0) is 42.2 Å². The maximum absolute atomic E-state index is 11.0. The zero-order valence-corrected chi connectivity index (χ0v) is 15.4. The molecule has 0 heterocycles. The molecule has 0 spiro atoms. The first-order chi connectivity index (χ1) is 8.37. The average molecular weight is 347 g/mol. The van der Waals surface area contributed by atoms with Gasteiger partial charge < -0.3 is 27.1 Å². The summed E-state index contributed by atoms with van der Waals surface area (Å²) in [6, 6.07) is 0. The first-order valence-electron chi connectivity index (χ1n) is 6.23. The summed E-state index contributed by atoms with van der Waals surface area (Å²) in [5.41, 5.74) is -0.492. The summed E-state index contributed by atoms with van der Waals surface area (Å²) < 4.78 is 4.94. The van der Waals surface area contributed by atoms with Gasteiger partial charge in [-0.25, -0.2) is 4.79 Å². The molecule has 0 saturated heterocycles. The summed E-state index contributed by atoms with van der Waals surface area (Å²) in [7, 11) is 0. The summed E-state index contributed by atoms with van der Waals surface area (Å²) in [5.74, 6) is 0. The van der Waals surface area contributed by atoms with E-state index in [1.807, 2.05) is 0 Å². The normalized spacial score (nSPS) is 9.32. The van der Waals surface area contributed by atoms with E-state index in [2.05, 4.69) is 24.5 Å². The van der Waals surface area contributed by atoms with Gasteiger partial charge in [0.15, 0.2) is 0 Å². The van der Waals surface area contributed by atoms with Crippen LogP contribution in [0.5, 0.6) is 0 Å². The van der Waals surface area contributed by atoms with E-state index < -0.39 is 11.7 Å². The van der Waals surface area contributed by atoms with Gasteiger partial charge in [-0.05, 0) is 20.8 Å². The Morgan fingerprint density at radius 3 is 2.21 bits per heavy atom. The first kappa shape index (κ1) is 23.9. The molecule has 0 saturated carbocycles. The van der Waals surface area contributed by atoms with E-state index in [9.17, 15) is 9.59 Å². The number of hydrogen-bond donors (Lipinski definition) is 2. The van der Waals surface area contributed by atoms with E-state index in [0.29, 0.717) is 13.1 Å². The van der Waals surface area contributed by atoms with Crippen LogP contribution in [0.3, 0.4) is 0 Å². The van der Waals surface area contributed by atoms with Crippen LogP contribution in [-0.4, -0.2) is 31.2 Å². The minimum atomic E-state index is -0.492. The number of amides is 2. The van der Waals surface area contributed by atoms with Crippen molar-refractivity contribution in [1.29, 1.82) is 0 Å². The molecule has 0 aromatic carbocycles. The Bertz CT molecular complexity index is 216. The Hall–Kier alpha value is -0.156. The molecule has 111 valence electrons. The second-order valence-corrected chi connectivity index (χ2v) is 4.66. The molecule has 1 radical (unpaired) electrons. The summed E-state index contributed by atoms with van der Waals surface area (Å²) in [6.45, 7) is 11.9. The molecule has 5 nitrogen and oxygen atoms in total. The fourth-order valence-electron chi connectivity index (χ4n) is 0.842. The molecule has 2 N–H and O–H groups in total. The second kappa shape index (κ2) is 15.9. The van der Waals surface area contributed by atoms with Gasteiger partial charge in [-0.3, -0.25) is 0 Å². The third kappa shape index (κ3) is 27.2. The van der Waals surface area contributed by atoms with Gasteiger partial charge in [0.1, 0.15) is 5.60 Å². The number of ether oxygens (including phenoxy) is 1. The average Bonchev–Trinajstić information content (AvgIpc) is 2.24. The van der Waals surface area contributed by atoms with Gasteiger partial charge in [0.25, 0.3) is 0 Å². The van der Waals surface area contributed by atoms with Crippen molar-refractivity contribution in [3.63, 3.8) is 0 Å². The molecule has 0 atom stereocenters. The molecule has 0 aliphatic heterocycles. The van der Waals surface area contributed by atoms with Crippen molar-refractivity contribution < 1.29 is 47.0 Å². The Morgan fingerprint density at radius 1 is 1.32 bits per heavy atom. The number of unbranched alkanes of at least 4 members (excludes halogenated alkanes) is 2. The number of carbonyl (C=O) groups excluding carboxylic acids is 2. The molecule has 0 aliphatic carbocycles. The van der Waals surface area contributed by atoms with Crippen LogP contribution < -0.4 is 10.6 Å². The number of nitrogens with one attached hydrogen (secondary N) is 2. The van der Waals surface area contributed by atoms with Crippen LogP contribution in [0.4, 0.5) is 4.79 Å². The molecule has 0 aromatic heterocycles. The molecule has 6 heteroatoms. The van der Waals surface area contributed by atoms with Crippen LogP contribution >= 0.6 is 0 Å². The fourth-order valence-corrected chi connectivity index (χ4v) is 0.842. The number of hydrogen-bond acceptors (Lipinski definition) is 3. The molecular formula is C13H26N2O3Y-2. The van der Waals surface area contributed by atoms with Crippen LogP contribution in [0, 0.1) is 6.92 Å². The van der Waals surface area contributed by atoms with Gasteiger partial charge in [-0.2, -0.15) is 12.8 Å². The van der Waals surface area contributed by atoms with Gasteiger partial charge in [0.2, 0.25) is 0 Å². The number of carbonyl (C=O) groups is 1. The van der Waals surface area contributed by atoms with Crippen LogP contribution in [0.15, 0.2) is 0 Å². The first-order valence-corrected chi connectivity index (χ1v) is 6.23. The second-order valence-electron chi connectivity index (χ2n) is 4.66. The van der Waals surface area contributed by atoms with Crippen LogP contribution in [0.25, 0.3) is 0 Å². The Morgan fingerprint density at radius 2 is 1.89 bits per heavy atom. The van der Waals surface area contributed by atoms with Crippen molar-refractivity contribution >= 4 is 12.5 Å². The minimum absolute atomic E-state index is 0. The van der Waals surface area contributed by atoms with Crippen molar-refractivity contribution in [2.24, 2.45) is 0 Å².